The number of nitrogens with zero attached hydrogens (tertiary/aromatic N) is 1. The molecule has 3 atom stereocenters. The maximum absolute atomic E-state index is 11.9. The van der Waals surface area contributed by atoms with Crippen LogP contribution in [0, 0.1) is 5.92 Å². The molecule has 0 saturated heterocycles. The number of urea groups is 1. The van der Waals surface area contributed by atoms with Gasteiger partial charge < -0.3 is 20.2 Å². The van der Waals surface area contributed by atoms with Crippen molar-refractivity contribution in [2.75, 3.05) is 27.2 Å². The van der Waals surface area contributed by atoms with E-state index in [0.29, 0.717) is 6.54 Å². The summed E-state index contributed by atoms with van der Waals surface area (Å²) in [5.41, 5.74) is 0. The Morgan fingerprint density at radius 3 is 2.90 bits per heavy atom. The number of furan rings is 1. The van der Waals surface area contributed by atoms with Crippen molar-refractivity contribution in [2.24, 2.45) is 5.92 Å². The Kier molecular flexibility index (Phi) is 5.41. The van der Waals surface area contributed by atoms with Gasteiger partial charge in [0.1, 0.15) is 5.76 Å². The lowest BCUT2D eigenvalue weighted by atomic mass is 10.1. The Morgan fingerprint density at radius 2 is 2.33 bits per heavy atom. The molecule has 0 saturated carbocycles. The lowest BCUT2D eigenvalue weighted by molar-refractivity contribution is 0.220. The van der Waals surface area contributed by atoms with Crippen LogP contribution in [0.4, 0.5) is 4.79 Å². The Hall–Kier alpha value is -1.79. The average Bonchev–Trinajstić information content (AvgIpc) is 3.10. The van der Waals surface area contributed by atoms with Crippen LogP contribution in [0.2, 0.25) is 0 Å². The zero-order valence-electron chi connectivity index (χ0n) is 12.5. The number of carbonyl (C=O) groups excluding carboxylic acids is 1. The van der Waals surface area contributed by atoms with Crippen molar-refractivity contribution >= 4 is 6.03 Å². The molecule has 1 aliphatic carbocycles. The van der Waals surface area contributed by atoms with Gasteiger partial charge in [0, 0.05) is 25.1 Å². The summed E-state index contributed by atoms with van der Waals surface area (Å²) in [6.45, 7) is 0.587. The summed E-state index contributed by atoms with van der Waals surface area (Å²) < 4.78 is 5.40. The first-order valence-corrected chi connectivity index (χ1v) is 7.13. The molecule has 21 heavy (non-hydrogen) atoms. The van der Waals surface area contributed by atoms with Gasteiger partial charge in [0.25, 0.3) is 0 Å². The Bertz CT molecular complexity index is 471. The molecule has 1 unspecified atom stereocenters. The first-order chi connectivity index (χ1) is 10.1. The summed E-state index contributed by atoms with van der Waals surface area (Å²) in [7, 11) is 3.89. The van der Waals surface area contributed by atoms with Crippen LogP contribution >= 0.6 is 0 Å². The van der Waals surface area contributed by atoms with E-state index in [9.17, 15) is 4.79 Å². The molecule has 0 fully saturated rings. The van der Waals surface area contributed by atoms with Gasteiger partial charge in [-0.3, -0.25) is 4.90 Å². The van der Waals surface area contributed by atoms with Gasteiger partial charge in [-0.25, -0.2) is 4.79 Å². The molecule has 0 bridgehead atoms. The van der Waals surface area contributed by atoms with Gasteiger partial charge in [0.15, 0.2) is 0 Å². The topological polar surface area (TPSA) is 77.7 Å². The van der Waals surface area contributed by atoms with Crippen molar-refractivity contribution in [3.8, 4) is 0 Å². The van der Waals surface area contributed by atoms with Gasteiger partial charge in [-0.15, -0.1) is 0 Å². The van der Waals surface area contributed by atoms with Crippen LogP contribution in [-0.2, 0) is 0 Å². The molecule has 0 aromatic carbocycles. The molecule has 6 nitrogen and oxygen atoms in total. The Labute approximate surface area is 124 Å². The Balaban J connectivity index is 1.79. The van der Waals surface area contributed by atoms with Crippen molar-refractivity contribution in [1.29, 1.82) is 0 Å². The van der Waals surface area contributed by atoms with E-state index < -0.39 is 0 Å². The molecule has 6 heteroatoms. The lowest BCUT2D eigenvalue weighted by Crippen LogP contribution is -2.43. The minimum atomic E-state index is -0.207. The van der Waals surface area contributed by atoms with Crippen molar-refractivity contribution in [1.82, 2.24) is 15.5 Å². The third kappa shape index (κ3) is 4.34. The van der Waals surface area contributed by atoms with E-state index in [1.807, 2.05) is 43.3 Å². The molecule has 0 radical (unpaired) electrons. The van der Waals surface area contributed by atoms with Gasteiger partial charge >= 0.3 is 6.03 Å². The molecule has 2 amide bonds. The highest BCUT2D eigenvalue weighted by Crippen LogP contribution is 2.18. The highest BCUT2D eigenvalue weighted by molar-refractivity contribution is 5.74. The number of amides is 2. The minimum Gasteiger partial charge on any atom is -0.468 e. The zero-order chi connectivity index (χ0) is 15.2. The number of aliphatic hydroxyl groups excluding tert-OH is 1. The van der Waals surface area contributed by atoms with Gasteiger partial charge in [-0.05, 0) is 32.6 Å². The van der Waals surface area contributed by atoms with E-state index in [1.54, 1.807) is 6.26 Å². The monoisotopic (exact) mass is 293 g/mol. The molecule has 2 rings (SSSR count). The predicted octanol–water partition coefficient (Wildman–Crippen LogP) is 1.12. The second-order valence-electron chi connectivity index (χ2n) is 5.52. The Morgan fingerprint density at radius 1 is 1.52 bits per heavy atom. The summed E-state index contributed by atoms with van der Waals surface area (Å²) in [6, 6.07) is 3.51. The maximum Gasteiger partial charge on any atom is 0.315 e. The molecule has 1 aliphatic rings. The molecule has 0 aliphatic heterocycles. The van der Waals surface area contributed by atoms with Crippen molar-refractivity contribution < 1.29 is 14.3 Å². The highest BCUT2D eigenvalue weighted by Gasteiger charge is 2.21. The molecule has 1 aromatic rings. The van der Waals surface area contributed by atoms with Crippen molar-refractivity contribution in [3.63, 3.8) is 0 Å². The molecular weight excluding hydrogens is 270 g/mol. The van der Waals surface area contributed by atoms with E-state index >= 15 is 0 Å². The smallest absolute Gasteiger partial charge is 0.315 e. The fourth-order valence-electron chi connectivity index (χ4n) is 2.44. The second kappa shape index (κ2) is 7.28. The van der Waals surface area contributed by atoms with E-state index in [0.717, 1.165) is 12.2 Å². The zero-order valence-corrected chi connectivity index (χ0v) is 12.5. The number of nitrogens with one attached hydrogen (secondary N) is 2. The summed E-state index contributed by atoms with van der Waals surface area (Å²) in [5.74, 6) is 0.967. The van der Waals surface area contributed by atoms with Crippen molar-refractivity contribution in [2.45, 2.75) is 18.5 Å². The van der Waals surface area contributed by atoms with Crippen LogP contribution < -0.4 is 10.6 Å². The number of carbonyl (C=O) groups is 1. The van der Waals surface area contributed by atoms with Crippen LogP contribution in [0.5, 0.6) is 0 Å². The molecule has 1 heterocycles. The third-order valence-corrected chi connectivity index (χ3v) is 3.67. The van der Waals surface area contributed by atoms with E-state index in [1.165, 1.54) is 0 Å². The van der Waals surface area contributed by atoms with Crippen LogP contribution in [0.1, 0.15) is 18.2 Å². The number of likely N-dealkylation sites (N-methyl/N-ethyl adjacent to an activating group) is 1. The fourth-order valence-corrected chi connectivity index (χ4v) is 2.44. The SMILES string of the molecule is CN(C)C(CNC(=O)N[C@@H]1C=C[C@H](CO)C1)c1ccco1. The van der Waals surface area contributed by atoms with Gasteiger partial charge in [-0.1, -0.05) is 12.2 Å². The normalized spacial score (nSPS) is 22.5. The standard InChI is InChI=1S/C15H23N3O3/c1-18(2)13(14-4-3-7-21-14)9-16-15(20)17-12-6-5-11(8-12)10-19/h3-7,11-13,19H,8-10H2,1-2H3,(H2,16,17,20)/t11-,12+,13?/m0/s1. The third-order valence-electron chi connectivity index (χ3n) is 3.67. The van der Waals surface area contributed by atoms with Gasteiger partial charge in [0.05, 0.1) is 12.3 Å². The van der Waals surface area contributed by atoms with Crippen LogP contribution in [0.25, 0.3) is 0 Å². The average molecular weight is 293 g/mol. The minimum absolute atomic E-state index is 0.00457. The maximum atomic E-state index is 11.9. The summed E-state index contributed by atoms with van der Waals surface area (Å²) in [6.07, 6.45) is 6.25. The molecule has 116 valence electrons. The summed E-state index contributed by atoms with van der Waals surface area (Å²) in [5, 5.41) is 14.8. The molecule has 0 spiro atoms. The van der Waals surface area contributed by atoms with Crippen LogP contribution in [0.15, 0.2) is 35.0 Å². The molecule has 1 aromatic heterocycles. The largest absolute Gasteiger partial charge is 0.468 e. The van der Waals surface area contributed by atoms with Crippen LogP contribution in [-0.4, -0.2) is 49.3 Å². The van der Waals surface area contributed by atoms with Gasteiger partial charge in [-0.2, -0.15) is 0 Å². The predicted molar refractivity (Wildman–Crippen MR) is 79.8 cm³/mol. The number of hydrogen-bond acceptors (Lipinski definition) is 4. The second-order valence-corrected chi connectivity index (χ2v) is 5.52. The van der Waals surface area contributed by atoms with Gasteiger partial charge in [0.2, 0.25) is 0 Å². The van der Waals surface area contributed by atoms with Crippen molar-refractivity contribution in [3.05, 3.63) is 36.3 Å². The van der Waals surface area contributed by atoms with E-state index in [-0.39, 0.29) is 30.6 Å². The first kappa shape index (κ1) is 15.6. The fraction of sp³-hybridized carbons (Fsp3) is 0.533. The summed E-state index contributed by atoms with van der Waals surface area (Å²) >= 11 is 0. The quantitative estimate of drug-likeness (QED) is 0.687. The summed E-state index contributed by atoms with van der Waals surface area (Å²) in [4.78, 5) is 13.9. The number of rotatable bonds is 6. The lowest BCUT2D eigenvalue weighted by Gasteiger charge is -2.23. The number of hydrogen-bond donors (Lipinski definition) is 3. The number of aliphatic hydroxyl groups is 1. The van der Waals surface area contributed by atoms with Crippen LogP contribution in [0.3, 0.4) is 0 Å². The highest BCUT2D eigenvalue weighted by atomic mass is 16.3. The molecule has 3 N–H and O–H groups in total. The molecular formula is C15H23N3O3. The van der Waals surface area contributed by atoms with E-state index in [2.05, 4.69) is 10.6 Å². The van der Waals surface area contributed by atoms with E-state index in [4.69, 9.17) is 9.52 Å². The first-order valence-electron chi connectivity index (χ1n) is 7.13.